The smallest absolute Gasteiger partial charge is 0.229 e. The molecular formula is C15H26N2O. The van der Waals surface area contributed by atoms with Crippen molar-refractivity contribution >= 4 is 5.91 Å². The molecule has 1 amide bonds. The number of amides is 1. The van der Waals surface area contributed by atoms with Gasteiger partial charge in [-0.25, -0.2) is 0 Å². The Kier molecular flexibility index (Phi) is 3.13. The molecule has 2 atom stereocenters. The zero-order valence-electron chi connectivity index (χ0n) is 11.7. The Morgan fingerprint density at radius 2 is 1.89 bits per heavy atom. The van der Waals surface area contributed by atoms with Crippen LogP contribution in [0.1, 0.15) is 52.4 Å². The lowest BCUT2D eigenvalue weighted by Gasteiger charge is -2.39. The van der Waals surface area contributed by atoms with E-state index in [1.54, 1.807) is 0 Å². The van der Waals surface area contributed by atoms with Crippen molar-refractivity contribution in [1.29, 1.82) is 0 Å². The minimum absolute atomic E-state index is 0.135. The molecule has 0 aromatic carbocycles. The third-order valence-electron chi connectivity index (χ3n) is 5.49. The molecule has 18 heavy (non-hydrogen) atoms. The molecule has 0 bridgehead atoms. The van der Waals surface area contributed by atoms with Crippen LogP contribution in [-0.2, 0) is 4.79 Å². The van der Waals surface area contributed by atoms with E-state index in [9.17, 15) is 4.79 Å². The molecule has 0 aromatic rings. The van der Waals surface area contributed by atoms with Gasteiger partial charge < -0.3 is 10.2 Å². The fourth-order valence-electron chi connectivity index (χ4n) is 4.41. The highest BCUT2D eigenvalue weighted by molar-refractivity contribution is 5.85. The molecule has 2 heterocycles. The van der Waals surface area contributed by atoms with Crippen LogP contribution < -0.4 is 5.32 Å². The normalized spacial score (nSPS) is 36.8. The summed E-state index contributed by atoms with van der Waals surface area (Å²) in [5, 5.41) is 3.49. The number of nitrogens with one attached hydrogen (secondary N) is 1. The molecule has 0 aromatic heterocycles. The Morgan fingerprint density at radius 1 is 1.17 bits per heavy atom. The molecule has 2 unspecified atom stereocenters. The molecule has 2 saturated heterocycles. The molecule has 3 aliphatic rings. The van der Waals surface area contributed by atoms with Gasteiger partial charge in [0.05, 0.1) is 0 Å². The SMILES string of the molecule is CC1(C)C(=O)N(C2CCCCC2)C2CNCCC21. The second kappa shape index (κ2) is 4.52. The maximum Gasteiger partial charge on any atom is 0.229 e. The van der Waals surface area contributed by atoms with E-state index in [2.05, 4.69) is 24.1 Å². The van der Waals surface area contributed by atoms with Crippen molar-refractivity contribution in [2.45, 2.75) is 64.5 Å². The average molecular weight is 250 g/mol. The number of carbonyl (C=O) groups is 1. The van der Waals surface area contributed by atoms with Crippen molar-refractivity contribution in [3.05, 3.63) is 0 Å². The number of hydrogen-bond acceptors (Lipinski definition) is 2. The highest BCUT2D eigenvalue weighted by atomic mass is 16.2. The molecule has 1 N–H and O–H groups in total. The molecule has 0 spiro atoms. The van der Waals surface area contributed by atoms with Gasteiger partial charge in [-0.15, -0.1) is 0 Å². The molecule has 3 fully saturated rings. The first kappa shape index (κ1) is 12.5. The zero-order valence-corrected chi connectivity index (χ0v) is 11.7. The average Bonchev–Trinajstić information content (AvgIpc) is 2.60. The fourth-order valence-corrected chi connectivity index (χ4v) is 4.41. The topological polar surface area (TPSA) is 32.3 Å². The number of rotatable bonds is 1. The lowest BCUT2D eigenvalue weighted by molar-refractivity contribution is -0.138. The predicted molar refractivity (Wildman–Crippen MR) is 72.3 cm³/mol. The van der Waals surface area contributed by atoms with E-state index in [0.717, 1.165) is 19.5 Å². The maximum absolute atomic E-state index is 12.8. The number of hydrogen-bond donors (Lipinski definition) is 1. The number of nitrogens with zero attached hydrogens (tertiary/aromatic N) is 1. The minimum atomic E-state index is -0.135. The van der Waals surface area contributed by atoms with Crippen LogP contribution in [0.4, 0.5) is 0 Å². The first-order valence-corrected chi connectivity index (χ1v) is 7.66. The van der Waals surface area contributed by atoms with Crippen LogP contribution in [0.3, 0.4) is 0 Å². The summed E-state index contributed by atoms with van der Waals surface area (Å²) in [5.41, 5.74) is -0.135. The molecule has 1 aliphatic carbocycles. The lowest BCUT2D eigenvalue weighted by Crippen LogP contribution is -2.51. The minimum Gasteiger partial charge on any atom is -0.335 e. The van der Waals surface area contributed by atoms with Crippen LogP contribution in [0, 0.1) is 11.3 Å². The van der Waals surface area contributed by atoms with Gasteiger partial charge in [-0.05, 0) is 31.7 Å². The van der Waals surface area contributed by atoms with Crippen LogP contribution in [0.5, 0.6) is 0 Å². The Labute approximate surface area is 110 Å². The van der Waals surface area contributed by atoms with Crippen molar-refractivity contribution in [2.24, 2.45) is 11.3 Å². The van der Waals surface area contributed by atoms with Gasteiger partial charge in [0.1, 0.15) is 0 Å². The summed E-state index contributed by atoms with van der Waals surface area (Å²) in [6.45, 7) is 6.43. The van der Waals surface area contributed by atoms with Gasteiger partial charge in [-0.3, -0.25) is 4.79 Å². The number of likely N-dealkylation sites (tertiary alicyclic amines) is 1. The molecule has 2 aliphatic heterocycles. The third kappa shape index (κ3) is 1.78. The lowest BCUT2D eigenvalue weighted by atomic mass is 9.75. The molecule has 1 saturated carbocycles. The summed E-state index contributed by atoms with van der Waals surface area (Å²) in [6, 6.07) is 0.991. The van der Waals surface area contributed by atoms with Gasteiger partial charge in [-0.2, -0.15) is 0 Å². The summed E-state index contributed by atoms with van der Waals surface area (Å²) >= 11 is 0. The number of carbonyl (C=O) groups excluding carboxylic acids is 1. The highest BCUT2D eigenvalue weighted by Crippen LogP contribution is 2.46. The summed E-state index contributed by atoms with van der Waals surface area (Å²) in [6.07, 6.45) is 7.58. The Morgan fingerprint density at radius 3 is 2.61 bits per heavy atom. The van der Waals surface area contributed by atoms with E-state index in [-0.39, 0.29) is 5.41 Å². The van der Waals surface area contributed by atoms with E-state index in [1.807, 2.05) is 0 Å². The van der Waals surface area contributed by atoms with Crippen molar-refractivity contribution < 1.29 is 4.79 Å². The van der Waals surface area contributed by atoms with E-state index >= 15 is 0 Å². The van der Waals surface area contributed by atoms with Crippen LogP contribution in [0.15, 0.2) is 0 Å². The first-order chi connectivity index (χ1) is 8.62. The second-order valence-corrected chi connectivity index (χ2v) is 6.89. The van der Waals surface area contributed by atoms with Crippen molar-refractivity contribution in [3.63, 3.8) is 0 Å². The summed E-state index contributed by atoms with van der Waals surface area (Å²) in [5.74, 6) is 0.987. The maximum atomic E-state index is 12.8. The van der Waals surface area contributed by atoms with Gasteiger partial charge in [0.25, 0.3) is 0 Å². The zero-order chi connectivity index (χ0) is 12.8. The van der Waals surface area contributed by atoms with Crippen LogP contribution in [0.25, 0.3) is 0 Å². The van der Waals surface area contributed by atoms with Crippen LogP contribution >= 0.6 is 0 Å². The third-order valence-corrected chi connectivity index (χ3v) is 5.49. The van der Waals surface area contributed by atoms with Gasteiger partial charge >= 0.3 is 0 Å². The van der Waals surface area contributed by atoms with Gasteiger partial charge in [0.15, 0.2) is 0 Å². The Hall–Kier alpha value is -0.570. The van der Waals surface area contributed by atoms with Gasteiger partial charge in [0.2, 0.25) is 5.91 Å². The van der Waals surface area contributed by atoms with Crippen molar-refractivity contribution in [1.82, 2.24) is 10.2 Å². The van der Waals surface area contributed by atoms with E-state index in [4.69, 9.17) is 0 Å². The van der Waals surface area contributed by atoms with E-state index in [0.29, 0.717) is 23.9 Å². The van der Waals surface area contributed by atoms with Crippen LogP contribution in [-0.4, -0.2) is 36.0 Å². The molecule has 102 valence electrons. The quantitative estimate of drug-likeness (QED) is 0.773. The second-order valence-electron chi connectivity index (χ2n) is 6.89. The Bertz CT molecular complexity index is 333. The van der Waals surface area contributed by atoms with E-state index in [1.165, 1.54) is 32.1 Å². The molecule has 3 nitrogen and oxygen atoms in total. The van der Waals surface area contributed by atoms with Gasteiger partial charge in [0, 0.05) is 24.0 Å². The summed E-state index contributed by atoms with van der Waals surface area (Å²) in [4.78, 5) is 15.1. The van der Waals surface area contributed by atoms with Gasteiger partial charge in [-0.1, -0.05) is 33.1 Å². The Balaban J connectivity index is 1.86. The molecule has 3 heteroatoms. The fraction of sp³-hybridized carbons (Fsp3) is 0.933. The van der Waals surface area contributed by atoms with E-state index < -0.39 is 0 Å². The largest absolute Gasteiger partial charge is 0.335 e. The summed E-state index contributed by atoms with van der Waals surface area (Å²) in [7, 11) is 0. The standard InChI is InChI=1S/C15H26N2O/c1-15(2)12-8-9-16-10-13(12)17(14(15)18)11-6-4-3-5-7-11/h11-13,16H,3-10H2,1-2H3. The number of piperidine rings is 1. The summed E-state index contributed by atoms with van der Waals surface area (Å²) < 4.78 is 0. The highest BCUT2D eigenvalue weighted by Gasteiger charge is 2.55. The first-order valence-electron chi connectivity index (χ1n) is 7.66. The predicted octanol–water partition coefficient (Wildman–Crippen LogP) is 2.17. The molecule has 0 radical (unpaired) electrons. The van der Waals surface area contributed by atoms with Crippen LogP contribution in [0.2, 0.25) is 0 Å². The number of fused-ring (bicyclic) bond motifs is 1. The van der Waals surface area contributed by atoms with Crippen molar-refractivity contribution in [3.8, 4) is 0 Å². The molecular weight excluding hydrogens is 224 g/mol. The monoisotopic (exact) mass is 250 g/mol. The van der Waals surface area contributed by atoms with Crippen molar-refractivity contribution in [2.75, 3.05) is 13.1 Å². The molecule has 3 rings (SSSR count).